The van der Waals surface area contributed by atoms with Crippen LogP contribution in [-0.2, 0) is 4.79 Å². The van der Waals surface area contributed by atoms with Crippen LogP contribution in [0.3, 0.4) is 0 Å². The van der Waals surface area contributed by atoms with Crippen LogP contribution in [0.4, 0.5) is 0 Å². The van der Waals surface area contributed by atoms with Crippen LogP contribution in [0.2, 0.25) is 0 Å². The Morgan fingerprint density at radius 3 is 2.24 bits per heavy atom. The first-order valence-corrected chi connectivity index (χ1v) is 16.2. The van der Waals surface area contributed by atoms with Crippen LogP contribution in [0, 0.1) is 50.7 Å². The third-order valence-electron chi connectivity index (χ3n) is 15.0. The van der Waals surface area contributed by atoms with E-state index >= 15 is 0 Å². The lowest BCUT2D eigenvalue weighted by molar-refractivity contribution is -0.232. The van der Waals surface area contributed by atoms with Gasteiger partial charge in [-0.05, 0) is 128 Å². The molecular formula is C37H51NO4. The second-order valence-corrected chi connectivity index (χ2v) is 16.3. The Bertz CT molecular complexity index is 1390. The summed E-state index contributed by atoms with van der Waals surface area (Å²) in [6.07, 6.45) is 10.8. The van der Waals surface area contributed by atoms with Gasteiger partial charge in [-0.2, -0.15) is 0 Å². The summed E-state index contributed by atoms with van der Waals surface area (Å²) in [5, 5.41) is 20.3. The van der Waals surface area contributed by atoms with Crippen molar-refractivity contribution in [2.24, 2.45) is 56.5 Å². The van der Waals surface area contributed by atoms with Crippen molar-refractivity contribution >= 4 is 17.5 Å². The van der Waals surface area contributed by atoms with Gasteiger partial charge in [-0.3, -0.25) is 4.79 Å². The highest BCUT2D eigenvalue weighted by molar-refractivity contribution is 5.89. The van der Waals surface area contributed by atoms with Crippen molar-refractivity contribution < 1.29 is 19.8 Å². The molecule has 6 rings (SSSR count). The van der Waals surface area contributed by atoms with Crippen molar-refractivity contribution in [1.29, 1.82) is 0 Å². The highest BCUT2D eigenvalue weighted by atomic mass is 16.4. The van der Waals surface area contributed by atoms with Crippen molar-refractivity contribution in [2.45, 2.75) is 105 Å². The minimum absolute atomic E-state index is 0.0475. The van der Waals surface area contributed by atoms with E-state index in [2.05, 4.69) is 54.2 Å². The third kappa shape index (κ3) is 3.41. The number of aliphatic carboxylic acids is 1. The average molecular weight is 574 g/mol. The van der Waals surface area contributed by atoms with Crippen molar-refractivity contribution in [3.8, 4) is 0 Å². The van der Waals surface area contributed by atoms with Crippen molar-refractivity contribution in [2.75, 3.05) is 0 Å². The second-order valence-electron chi connectivity index (χ2n) is 16.3. The molecule has 0 saturated heterocycles. The van der Waals surface area contributed by atoms with Crippen LogP contribution >= 0.6 is 0 Å². The number of carboxylic acid groups (broad SMARTS) is 2. The molecule has 5 aliphatic carbocycles. The summed E-state index contributed by atoms with van der Waals surface area (Å²) in [6.45, 7) is 18.5. The van der Waals surface area contributed by atoms with E-state index in [1.807, 2.05) is 12.1 Å². The standard InChI is InChI=1S/C37H51NO4/c1-22(2)25-13-16-36(31(41)42)19-17-33(5)27(29(25)36)11-12-28-34(33,6)18-20-37(38)32(3,4)26(14-15-35(28,37)7)23-9-8-10-24(21-23)30(39)40/h8-10,14,21,25,27-29H,1,11-13,15-20,38H2,2-7H3,(H,39,40)(H,41,42)/t25-,27+,28-,29+,33+,34+,35+,36-,37+/m0/s1. The number of carbonyl (C=O) groups is 2. The number of fused-ring (bicyclic) bond motifs is 7. The van der Waals surface area contributed by atoms with E-state index in [1.54, 1.807) is 12.1 Å². The molecule has 0 radical (unpaired) electrons. The van der Waals surface area contributed by atoms with Gasteiger partial charge >= 0.3 is 11.9 Å². The zero-order valence-corrected chi connectivity index (χ0v) is 26.6. The third-order valence-corrected chi connectivity index (χ3v) is 15.0. The molecule has 0 aromatic heterocycles. The number of nitrogens with two attached hydrogens (primary N) is 1. The molecule has 5 nitrogen and oxygen atoms in total. The summed E-state index contributed by atoms with van der Waals surface area (Å²) in [5.74, 6) is -0.234. The predicted octanol–water partition coefficient (Wildman–Crippen LogP) is 8.20. The van der Waals surface area contributed by atoms with Crippen molar-refractivity contribution in [3.05, 3.63) is 53.6 Å². The van der Waals surface area contributed by atoms with Gasteiger partial charge in [0.25, 0.3) is 0 Å². The summed E-state index contributed by atoms with van der Waals surface area (Å²) in [6, 6.07) is 7.33. The molecule has 0 heterocycles. The Morgan fingerprint density at radius 1 is 0.905 bits per heavy atom. The predicted molar refractivity (Wildman–Crippen MR) is 167 cm³/mol. The van der Waals surface area contributed by atoms with Crippen LogP contribution in [0.1, 0.15) is 115 Å². The zero-order chi connectivity index (χ0) is 30.7. The van der Waals surface area contributed by atoms with Gasteiger partial charge in [0.1, 0.15) is 0 Å². The van der Waals surface area contributed by atoms with Crippen LogP contribution in [0.15, 0.2) is 42.5 Å². The van der Waals surface area contributed by atoms with Gasteiger partial charge < -0.3 is 15.9 Å². The van der Waals surface area contributed by atoms with Crippen LogP contribution in [0.5, 0.6) is 0 Å². The summed E-state index contributed by atoms with van der Waals surface area (Å²) >= 11 is 0. The fourth-order valence-corrected chi connectivity index (χ4v) is 12.3. The molecule has 9 atom stereocenters. The largest absolute Gasteiger partial charge is 0.481 e. The Labute approximate surface area is 252 Å². The average Bonchev–Trinajstić information content (AvgIpc) is 3.33. The summed E-state index contributed by atoms with van der Waals surface area (Å²) in [5.41, 5.74) is 9.89. The van der Waals surface area contributed by atoms with E-state index < -0.39 is 22.9 Å². The Morgan fingerprint density at radius 2 is 1.60 bits per heavy atom. The first-order valence-electron chi connectivity index (χ1n) is 16.2. The van der Waals surface area contributed by atoms with Gasteiger partial charge in [-0.15, -0.1) is 0 Å². The fourth-order valence-electron chi connectivity index (χ4n) is 12.3. The Balaban J connectivity index is 1.42. The van der Waals surface area contributed by atoms with Crippen molar-refractivity contribution in [1.82, 2.24) is 0 Å². The smallest absolute Gasteiger partial charge is 0.335 e. The quantitative estimate of drug-likeness (QED) is 0.315. The Hall–Kier alpha value is -2.40. The highest BCUT2D eigenvalue weighted by Gasteiger charge is 2.74. The molecule has 4 fully saturated rings. The van der Waals surface area contributed by atoms with E-state index in [9.17, 15) is 19.8 Å². The fraction of sp³-hybridized carbons (Fsp3) is 0.676. The van der Waals surface area contributed by atoms with Crippen LogP contribution in [-0.4, -0.2) is 27.7 Å². The molecule has 0 bridgehead atoms. The molecule has 0 aliphatic heterocycles. The second kappa shape index (κ2) is 9.06. The van der Waals surface area contributed by atoms with Gasteiger partial charge in [-0.25, -0.2) is 4.79 Å². The summed E-state index contributed by atoms with van der Waals surface area (Å²) in [4.78, 5) is 24.7. The van der Waals surface area contributed by atoms with Crippen LogP contribution in [0.25, 0.3) is 5.57 Å². The Kier molecular flexibility index (Phi) is 6.40. The minimum atomic E-state index is -0.910. The monoisotopic (exact) mass is 573 g/mol. The van der Waals surface area contributed by atoms with Crippen LogP contribution < -0.4 is 5.73 Å². The molecule has 4 saturated carbocycles. The maximum atomic E-state index is 12.9. The van der Waals surface area contributed by atoms with Gasteiger partial charge in [0, 0.05) is 11.0 Å². The molecule has 5 heteroatoms. The molecule has 1 aromatic carbocycles. The molecule has 1 aromatic rings. The zero-order valence-electron chi connectivity index (χ0n) is 26.6. The van der Waals surface area contributed by atoms with E-state index in [4.69, 9.17) is 5.73 Å². The minimum Gasteiger partial charge on any atom is -0.481 e. The molecule has 4 N–H and O–H groups in total. The maximum absolute atomic E-state index is 12.9. The van der Waals surface area contributed by atoms with E-state index in [-0.39, 0.29) is 27.6 Å². The highest BCUT2D eigenvalue weighted by Crippen LogP contribution is 2.78. The number of rotatable bonds is 4. The normalized spacial score (nSPS) is 45.5. The number of hydrogen-bond acceptors (Lipinski definition) is 3. The molecular weight excluding hydrogens is 522 g/mol. The number of carboxylic acids is 2. The maximum Gasteiger partial charge on any atom is 0.335 e. The lowest BCUT2D eigenvalue weighted by atomic mass is 9.31. The van der Waals surface area contributed by atoms with E-state index in [0.717, 1.165) is 74.5 Å². The van der Waals surface area contributed by atoms with Gasteiger partial charge in [0.05, 0.1) is 11.0 Å². The molecule has 5 aliphatic rings. The molecule has 0 amide bonds. The summed E-state index contributed by atoms with van der Waals surface area (Å²) < 4.78 is 0. The van der Waals surface area contributed by atoms with Gasteiger partial charge in [0.15, 0.2) is 0 Å². The van der Waals surface area contributed by atoms with E-state index in [0.29, 0.717) is 23.3 Å². The number of allylic oxidation sites excluding steroid dienone is 2. The lowest BCUT2D eigenvalue weighted by Gasteiger charge is -2.74. The molecule has 0 unspecified atom stereocenters. The van der Waals surface area contributed by atoms with Gasteiger partial charge in [0.2, 0.25) is 0 Å². The summed E-state index contributed by atoms with van der Waals surface area (Å²) in [7, 11) is 0. The first-order chi connectivity index (χ1) is 19.5. The number of benzene rings is 1. The molecule has 0 spiro atoms. The number of aromatic carboxylic acids is 1. The van der Waals surface area contributed by atoms with E-state index in [1.165, 1.54) is 0 Å². The number of hydrogen-bond donors (Lipinski definition) is 3. The SMILES string of the molecule is C=C(C)[C@@H]1CC[C@]2(C(=O)O)CC[C@]3(C)[C@H](CC[C@@H]4[C@@]5(C)CC=C(c6cccc(C(=O)O)c6)C(C)(C)[C@]5(N)CC[C@]43C)[C@@H]12. The molecule has 42 heavy (non-hydrogen) atoms. The lowest BCUT2D eigenvalue weighted by Crippen LogP contribution is -2.74. The van der Waals surface area contributed by atoms with Gasteiger partial charge in [-0.1, -0.05) is 65.0 Å². The molecule has 228 valence electrons. The topological polar surface area (TPSA) is 101 Å². The first kappa shape index (κ1) is 29.7. The van der Waals surface area contributed by atoms with Crippen molar-refractivity contribution in [3.63, 3.8) is 0 Å².